The van der Waals surface area contributed by atoms with Crippen LogP contribution in [0.1, 0.15) is 5.56 Å². The van der Waals surface area contributed by atoms with Crippen LogP contribution in [0.4, 0.5) is 68.7 Å². The molecule has 47 heavy (non-hydrogen) atoms. The lowest BCUT2D eigenvalue weighted by Gasteiger charge is -2.31. The van der Waals surface area contributed by atoms with Crippen molar-refractivity contribution in [2.45, 2.75) is 12.5 Å². The molecule has 246 valence electrons. The number of nitrogens with one attached hydrogen (secondary N) is 3. The van der Waals surface area contributed by atoms with Crippen LogP contribution in [0.2, 0.25) is 10.0 Å². The predicted octanol–water partition coefficient (Wildman–Crippen LogP) is 9.89. The highest BCUT2D eigenvalue weighted by atomic mass is 35.5. The first kappa shape index (κ1) is 33.6. The van der Waals surface area contributed by atoms with E-state index in [0.717, 1.165) is 40.7 Å². The van der Waals surface area contributed by atoms with Crippen LogP contribution in [-0.2, 0) is 6.18 Å². The molecule has 0 aliphatic carbocycles. The van der Waals surface area contributed by atoms with Crippen LogP contribution < -0.4 is 31.8 Å². The number of benzene rings is 3. The maximum absolute atomic E-state index is 14.2. The number of nitrogen functional groups attached to an aromatic ring is 1. The number of hydrogen-bond donors (Lipinski definition) is 4. The molecule has 0 spiro atoms. The summed E-state index contributed by atoms with van der Waals surface area (Å²) in [6, 6.07) is 9.54. The van der Waals surface area contributed by atoms with Gasteiger partial charge in [-0.1, -0.05) is 23.2 Å². The summed E-state index contributed by atoms with van der Waals surface area (Å²) in [5.74, 6) is -3.49. The molecule has 0 aliphatic heterocycles. The smallest absolute Gasteiger partial charge is 0.403 e. The van der Waals surface area contributed by atoms with Crippen molar-refractivity contribution in [2.75, 3.05) is 27.0 Å². The zero-order valence-corrected chi connectivity index (χ0v) is 25.3. The van der Waals surface area contributed by atoms with E-state index in [1.807, 2.05) is 0 Å². The summed E-state index contributed by atoms with van der Waals surface area (Å²) in [7, 11) is 0. The van der Waals surface area contributed by atoms with Gasteiger partial charge in [0.2, 0.25) is 0 Å². The first-order valence-corrected chi connectivity index (χ1v) is 14.4. The van der Waals surface area contributed by atoms with Gasteiger partial charge in [0.05, 0.1) is 43.9 Å². The highest BCUT2D eigenvalue weighted by molar-refractivity contribution is 7.13. The lowest BCUT2D eigenvalue weighted by atomic mass is 10.0. The molecule has 5 N–H and O–H groups in total. The van der Waals surface area contributed by atoms with Crippen molar-refractivity contribution in [3.05, 3.63) is 99.6 Å². The number of hydrazine groups is 2. The summed E-state index contributed by atoms with van der Waals surface area (Å²) >= 11 is 13.2. The monoisotopic (exact) mass is 721 g/mol. The van der Waals surface area contributed by atoms with Gasteiger partial charge in [0.25, 0.3) is 0 Å². The largest absolute Gasteiger partial charge is 0.573 e. The highest BCUT2D eigenvalue weighted by Crippen LogP contribution is 2.49. The summed E-state index contributed by atoms with van der Waals surface area (Å²) < 4.78 is 114. The van der Waals surface area contributed by atoms with Gasteiger partial charge in [-0.3, -0.25) is 15.8 Å². The Morgan fingerprint density at radius 1 is 0.830 bits per heavy atom. The SMILES string of the molecule is Nc1c(N(Nc2ccc(F)c(F)c2)Nc2ccc(Cl)c(Cl)c2)cc(Nc2nccs2)c(-c2ccc(C(F)(F)F)cn2)c1OC(F)(F)F. The molecule has 0 atom stereocenters. The van der Waals surface area contributed by atoms with Gasteiger partial charge in [-0.25, -0.2) is 13.8 Å². The number of nitrogens with two attached hydrogens (primary N) is 1. The van der Waals surface area contributed by atoms with Crippen LogP contribution in [0.3, 0.4) is 0 Å². The van der Waals surface area contributed by atoms with Crippen LogP contribution in [-0.4, -0.2) is 16.3 Å². The van der Waals surface area contributed by atoms with E-state index in [9.17, 15) is 35.1 Å². The molecule has 0 bridgehead atoms. The molecule has 0 unspecified atom stereocenters. The average molecular weight is 722 g/mol. The summed E-state index contributed by atoms with van der Waals surface area (Å²) in [6.45, 7) is 0. The third-order valence-electron chi connectivity index (χ3n) is 6.10. The number of hydrogen-bond acceptors (Lipinski definition) is 9. The van der Waals surface area contributed by atoms with Gasteiger partial charge >= 0.3 is 12.5 Å². The second-order valence-electron chi connectivity index (χ2n) is 9.32. The average Bonchev–Trinajstić information content (AvgIpc) is 3.50. The quantitative estimate of drug-likeness (QED) is 0.0678. The minimum Gasteiger partial charge on any atom is -0.403 e. The minimum absolute atomic E-state index is 0.0772. The standard InChI is InChI=1S/C28H17Cl2F8N7OS/c29-16-4-2-14(9-17(16)30)43-45(44-15-3-5-18(31)19(32)10-15)22-11-21(42-26-40-7-8-47-26)23(25(24(22)39)46-28(36,37)38)20-6-1-13(12-41-20)27(33,34)35/h1-12,43-44H,39H2,(H,40,42). The van der Waals surface area contributed by atoms with Crippen molar-refractivity contribution in [3.8, 4) is 17.0 Å². The van der Waals surface area contributed by atoms with E-state index in [2.05, 4.69) is 30.9 Å². The molecule has 5 rings (SSSR count). The lowest BCUT2D eigenvalue weighted by Crippen LogP contribution is -2.36. The third-order valence-corrected chi connectivity index (χ3v) is 7.53. The van der Waals surface area contributed by atoms with Crippen LogP contribution in [0, 0.1) is 11.6 Å². The van der Waals surface area contributed by atoms with Crippen molar-refractivity contribution in [1.29, 1.82) is 0 Å². The van der Waals surface area contributed by atoms with Gasteiger partial charge in [-0.05, 0) is 48.5 Å². The summed E-state index contributed by atoms with van der Waals surface area (Å²) in [5, 5.41) is 5.71. The Morgan fingerprint density at radius 3 is 2.11 bits per heavy atom. The van der Waals surface area contributed by atoms with Crippen LogP contribution in [0.25, 0.3) is 11.3 Å². The number of aromatic nitrogens is 2. The number of alkyl halides is 6. The van der Waals surface area contributed by atoms with Crippen molar-refractivity contribution in [2.24, 2.45) is 0 Å². The van der Waals surface area contributed by atoms with Crippen LogP contribution >= 0.6 is 34.5 Å². The number of halogens is 10. The van der Waals surface area contributed by atoms with Crippen LogP contribution in [0.5, 0.6) is 5.75 Å². The van der Waals surface area contributed by atoms with Gasteiger partial charge in [-0.15, -0.1) is 24.5 Å². The van der Waals surface area contributed by atoms with E-state index in [1.54, 1.807) is 5.38 Å². The van der Waals surface area contributed by atoms with E-state index in [0.29, 0.717) is 12.3 Å². The summed E-state index contributed by atoms with van der Waals surface area (Å²) in [5.41, 5.74) is 8.65. The van der Waals surface area contributed by atoms with Crippen LogP contribution in [0.15, 0.2) is 72.4 Å². The second kappa shape index (κ2) is 13.2. The third kappa shape index (κ3) is 7.98. The lowest BCUT2D eigenvalue weighted by molar-refractivity contribution is -0.274. The molecule has 0 radical (unpaired) electrons. The topological polar surface area (TPSA) is 100 Å². The van der Waals surface area contributed by atoms with Crippen molar-refractivity contribution >= 4 is 68.1 Å². The zero-order valence-electron chi connectivity index (χ0n) is 22.9. The number of nitrogens with zero attached hydrogens (tertiary/aromatic N) is 3. The number of anilines is 6. The Bertz CT molecular complexity index is 1840. The van der Waals surface area contributed by atoms with E-state index in [-0.39, 0.29) is 43.6 Å². The van der Waals surface area contributed by atoms with E-state index in [1.165, 1.54) is 30.5 Å². The predicted molar refractivity (Wildman–Crippen MR) is 164 cm³/mol. The van der Waals surface area contributed by atoms with Gasteiger partial charge in [-0.2, -0.15) is 18.3 Å². The fourth-order valence-electron chi connectivity index (χ4n) is 4.07. The first-order valence-electron chi connectivity index (χ1n) is 12.7. The number of pyridine rings is 1. The van der Waals surface area contributed by atoms with Gasteiger partial charge in [0, 0.05) is 23.8 Å². The Hall–Kier alpha value is -4.74. The molecular formula is C28H17Cl2F8N7OS. The van der Waals surface area contributed by atoms with E-state index >= 15 is 0 Å². The number of rotatable bonds is 9. The molecule has 5 aromatic rings. The zero-order chi connectivity index (χ0) is 34.1. The van der Waals surface area contributed by atoms with Crippen molar-refractivity contribution in [1.82, 2.24) is 9.97 Å². The molecule has 2 aromatic heterocycles. The summed E-state index contributed by atoms with van der Waals surface area (Å²) in [6.07, 6.45) is -8.32. The maximum Gasteiger partial charge on any atom is 0.573 e. The Kier molecular flexibility index (Phi) is 9.42. The molecular weight excluding hydrogens is 705 g/mol. The fraction of sp³-hybridized carbons (Fsp3) is 0.0714. The van der Waals surface area contributed by atoms with Crippen molar-refractivity contribution < 1.29 is 39.9 Å². The molecule has 0 amide bonds. The molecule has 0 saturated heterocycles. The Labute approximate surface area is 273 Å². The molecule has 0 fully saturated rings. The number of thiazole rings is 1. The minimum atomic E-state index is -5.36. The molecule has 8 nitrogen and oxygen atoms in total. The Morgan fingerprint density at radius 2 is 1.53 bits per heavy atom. The molecule has 2 heterocycles. The van der Waals surface area contributed by atoms with Gasteiger partial charge in [0.15, 0.2) is 22.5 Å². The molecule has 0 aliphatic rings. The van der Waals surface area contributed by atoms with Crippen molar-refractivity contribution in [3.63, 3.8) is 0 Å². The second-order valence-corrected chi connectivity index (χ2v) is 11.0. The number of ether oxygens (including phenoxy) is 1. The van der Waals surface area contributed by atoms with E-state index < -0.39 is 46.7 Å². The highest BCUT2D eigenvalue weighted by Gasteiger charge is 2.37. The van der Waals surface area contributed by atoms with Gasteiger partial charge < -0.3 is 15.8 Å². The fourth-order valence-corrected chi connectivity index (χ4v) is 4.91. The molecule has 3 aromatic carbocycles. The normalized spacial score (nSPS) is 11.7. The maximum atomic E-state index is 14.2. The first-order chi connectivity index (χ1) is 22.1. The molecule has 19 heteroatoms. The molecule has 0 saturated carbocycles. The Balaban J connectivity index is 1.75. The van der Waals surface area contributed by atoms with E-state index in [4.69, 9.17) is 28.9 Å². The van der Waals surface area contributed by atoms with Gasteiger partial charge in [0.1, 0.15) is 11.4 Å². The summed E-state index contributed by atoms with van der Waals surface area (Å²) in [4.78, 5) is 7.81.